The highest BCUT2D eigenvalue weighted by molar-refractivity contribution is 7.92. The molecule has 1 aromatic heterocycles. The van der Waals surface area contributed by atoms with Gasteiger partial charge < -0.3 is 25.4 Å². The Morgan fingerprint density at radius 1 is 0.838 bits per heavy atom. The number of benzene rings is 3. The fourth-order valence-corrected chi connectivity index (χ4v) is 4.52. The third kappa shape index (κ3) is 6.23. The highest BCUT2D eigenvalue weighted by atomic mass is 32.2. The average molecular weight is 523 g/mol. The Hall–Kier alpha value is -4.42. The van der Waals surface area contributed by atoms with Crippen LogP contribution in [0.5, 0.6) is 11.5 Å². The van der Waals surface area contributed by atoms with Crippen LogP contribution in [0.2, 0.25) is 0 Å². The molecule has 0 aliphatic heterocycles. The van der Waals surface area contributed by atoms with Crippen LogP contribution in [-0.2, 0) is 14.8 Å². The van der Waals surface area contributed by atoms with Gasteiger partial charge in [0, 0.05) is 29.6 Å². The van der Waals surface area contributed by atoms with Crippen molar-refractivity contribution in [2.24, 2.45) is 0 Å². The van der Waals surface area contributed by atoms with Gasteiger partial charge in [0.1, 0.15) is 11.5 Å². The molecule has 3 aromatic carbocycles. The summed E-state index contributed by atoms with van der Waals surface area (Å²) in [5.41, 5.74) is 1.96. The first-order valence-corrected chi connectivity index (χ1v) is 12.6. The van der Waals surface area contributed by atoms with Gasteiger partial charge in [-0.25, -0.2) is 18.4 Å². The normalized spacial score (nSPS) is 11.1. The molecule has 11 nitrogen and oxygen atoms in total. The molecule has 0 unspecified atom stereocenters. The molecule has 0 bridgehead atoms. The Kier molecular flexibility index (Phi) is 7.70. The molecule has 192 valence electrons. The summed E-state index contributed by atoms with van der Waals surface area (Å²) >= 11 is 0. The number of rotatable bonds is 10. The number of likely N-dealkylation sites (N-methyl/N-ethyl adjacent to an activating group) is 1. The lowest BCUT2D eigenvalue weighted by atomic mass is 10.2. The van der Waals surface area contributed by atoms with Crippen LogP contribution in [0.3, 0.4) is 0 Å². The minimum absolute atomic E-state index is 0.00916. The first-order chi connectivity index (χ1) is 17.8. The molecule has 0 aliphatic rings. The van der Waals surface area contributed by atoms with Gasteiger partial charge in [-0.15, -0.1) is 0 Å². The van der Waals surface area contributed by atoms with Crippen molar-refractivity contribution in [3.63, 3.8) is 0 Å². The number of hydrogen-bond acceptors (Lipinski definition) is 9. The quantitative estimate of drug-likeness (QED) is 0.246. The van der Waals surface area contributed by atoms with E-state index in [1.54, 1.807) is 49.5 Å². The van der Waals surface area contributed by atoms with E-state index in [9.17, 15) is 13.2 Å². The van der Waals surface area contributed by atoms with Crippen LogP contribution < -0.4 is 30.1 Å². The van der Waals surface area contributed by atoms with Gasteiger partial charge in [0.05, 0.1) is 36.7 Å². The number of para-hydroxylation sites is 2. The summed E-state index contributed by atoms with van der Waals surface area (Å²) < 4.78 is 39.9. The van der Waals surface area contributed by atoms with Crippen LogP contribution in [0, 0.1) is 0 Å². The third-order valence-electron chi connectivity index (χ3n) is 5.18. The predicted octanol–water partition coefficient (Wildman–Crippen LogP) is 3.35. The molecule has 4 rings (SSSR count). The number of amides is 1. The van der Waals surface area contributed by atoms with E-state index in [-0.39, 0.29) is 29.0 Å². The van der Waals surface area contributed by atoms with Crippen LogP contribution in [0.25, 0.3) is 11.0 Å². The van der Waals surface area contributed by atoms with E-state index < -0.39 is 10.0 Å². The topological polar surface area (TPSA) is 144 Å². The van der Waals surface area contributed by atoms with Crippen molar-refractivity contribution in [3.8, 4) is 11.5 Å². The van der Waals surface area contributed by atoms with Gasteiger partial charge in [0.15, 0.2) is 11.6 Å². The Morgan fingerprint density at radius 2 is 1.49 bits per heavy atom. The zero-order valence-electron chi connectivity index (χ0n) is 20.4. The van der Waals surface area contributed by atoms with Gasteiger partial charge in [-0.05, 0) is 37.4 Å². The maximum atomic E-state index is 13.3. The summed E-state index contributed by atoms with van der Waals surface area (Å²) in [5.74, 6) is 0.941. The van der Waals surface area contributed by atoms with Crippen molar-refractivity contribution >= 4 is 50.0 Å². The van der Waals surface area contributed by atoms with E-state index in [0.29, 0.717) is 33.9 Å². The number of carbonyl (C=O) groups excluding carboxylic acids is 1. The minimum Gasteiger partial charge on any atom is -0.497 e. The van der Waals surface area contributed by atoms with Gasteiger partial charge in [-0.2, -0.15) is 0 Å². The molecule has 0 atom stereocenters. The Morgan fingerprint density at radius 3 is 2.11 bits per heavy atom. The number of methoxy groups -OCH3 is 2. The van der Waals surface area contributed by atoms with E-state index >= 15 is 0 Å². The summed E-state index contributed by atoms with van der Waals surface area (Å²) in [5, 5.41) is 8.51. The van der Waals surface area contributed by atoms with Crippen LogP contribution in [-0.4, -0.2) is 52.1 Å². The maximum absolute atomic E-state index is 13.3. The molecule has 12 heteroatoms. The maximum Gasteiger partial charge on any atom is 0.263 e. The van der Waals surface area contributed by atoms with Gasteiger partial charge in [0.2, 0.25) is 5.91 Å². The summed E-state index contributed by atoms with van der Waals surface area (Å²) in [6.07, 6.45) is 0. The monoisotopic (exact) mass is 522 g/mol. The van der Waals surface area contributed by atoms with E-state index in [0.717, 1.165) is 0 Å². The highest BCUT2D eigenvalue weighted by Crippen LogP contribution is 2.31. The SMILES string of the molecule is CNCC(=O)Nc1cccc(S(=O)(=O)Nc2nc3ccccc3nc2Nc2cc(OC)cc(OC)c2)c1. The van der Waals surface area contributed by atoms with Crippen molar-refractivity contribution in [2.45, 2.75) is 4.90 Å². The second-order valence-corrected chi connectivity index (χ2v) is 9.53. The standard InChI is InChI=1S/C25H26N6O5S/c1-26-15-23(32)27-16-7-6-8-20(13-16)37(33,34)31-25-24(29-21-9-4-5-10-22(21)30-25)28-17-11-18(35-2)14-19(12-17)36-3/h4-14,26H,15H2,1-3H3,(H,27,32)(H,28,29)(H,30,31). The highest BCUT2D eigenvalue weighted by Gasteiger charge is 2.20. The zero-order valence-corrected chi connectivity index (χ0v) is 21.2. The number of nitrogens with zero attached hydrogens (tertiary/aromatic N) is 2. The fraction of sp³-hybridized carbons (Fsp3) is 0.160. The number of anilines is 4. The van der Waals surface area contributed by atoms with Gasteiger partial charge in [-0.3, -0.25) is 9.52 Å². The van der Waals surface area contributed by atoms with Crippen LogP contribution in [0.1, 0.15) is 0 Å². The van der Waals surface area contributed by atoms with Crippen molar-refractivity contribution in [1.29, 1.82) is 0 Å². The lowest BCUT2D eigenvalue weighted by molar-refractivity contribution is -0.115. The lowest BCUT2D eigenvalue weighted by Gasteiger charge is -2.15. The fourth-order valence-electron chi connectivity index (χ4n) is 3.47. The summed E-state index contributed by atoms with van der Waals surface area (Å²) in [6, 6.07) is 18.2. The average Bonchev–Trinajstić information content (AvgIpc) is 2.89. The van der Waals surface area contributed by atoms with Crippen molar-refractivity contribution in [3.05, 3.63) is 66.7 Å². The number of fused-ring (bicyclic) bond motifs is 1. The zero-order chi connectivity index (χ0) is 26.4. The number of aromatic nitrogens is 2. The summed E-state index contributed by atoms with van der Waals surface area (Å²) in [4.78, 5) is 21.0. The van der Waals surface area contributed by atoms with Gasteiger partial charge >= 0.3 is 0 Å². The molecule has 0 spiro atoms. The largest absolute Gasteiger partial charge is 0.497 e. The first-order valence-electron chi connectivity index (χ1n) is 11.2. The third-order valence-corrected chi connectivity index (χ3v) is 6.52. The number of hydrogen-bond donors (Lipinski definition) is 4. The van der Waals surface area contributed by atoms with E-state index in [4.69, 9.17) is 9.47 Å². The molecule has 0 fully saturated rings. The minimum atomic E-state index is -4.10. The Bertz CT molecular complexity index is 1520. The Labute approximate surface area is 214 Å². The number of carbonyl (C=O) groups is 1. The van der Waals surface area contributed by atoms with Crippen molar-refractivity contribution < 1.29 is 22.7 Å². The molecular weight excluding hydrogens is 496 g/mol. The number of ether oxygens (including phenoxy) is 2. The Balaban J connectivity index is 1.71. The van der Waals surface area contributed by atoms with Crippen molar-refractivity contribution in [1.82, 2.24) is 15.3 Å². The van der Waals surface area contributed by atoms with E-state index in [1.165, 1.54) is 32.4 Å². The first kappa shape index (κ1) is 25.7. The molecule has 0 radical (unpaired) electrons. The van der Waals surface area contributed by atoms with E-state index in [1.807, 2.05) is 6.07 Å². The second-order valence-electron chi connectivity index (χ2n) is 7.85. The van der Waals surface area contributed by atoms with Gasteiger partial charge in [-0.1, -0.05) is 18.2 Å². The van der Waals surface area contributed by atoms with Gasteiger partial charge in [0.25, 0.3) is 10.0 Å². The molecule has 4 N–H and O–H groups in total. The predicted molar refractivity (Wildman–Crippen MR) is 142 cm³/mol. The van der Waals surface area contributed by atoms with Crippen molar-refractivity contribution in [2.75, 3.05) is 43.2 Å². The number of sulfonamides is 1. The molecule has 0 aliphatic carbocycles. The summed E-state index contributed by atoms with van der Waals surface area (Å²) in [7, 11) is 0.601. The molecule has 0 saturated heterocycles. The van der Waals surface area contributed by atoms with Crippen LogP contribution in [0.15, 0.2) is 71.6 Å². The van der Waals surface area contributed by atoms with E-state index in [2.05, 4.69) is 30.6 Å². The summed E-state index contributed by atoms with van der Waals surface area (Å²) in [6.45, 7) is 0.0893. The second kappa shape index (κ2) is 11.1. The lowest BCUT2D eigenvalue weighted by Crippen LogP contribution is -2.25. The smallest absolute Gasteiger partial charge is 0.263 e. The molecule has 1 heterocycles. The molecule has 0 saturated carbocycles. The number of nitrogens with one attached hydrogen (secondary N) is 4. The molecular formula is C25H26N6O5S. The van der Waals surface area contributed by atoms with Crippen LogP contribution >= 0.6 is 0 Å². The van der Waals surface area contributed by atoms with Crippen LogP contribution in [0.4, 0.5) is 23.0 Å². The molecule has 37 heavy (non-hydrogen) atoms. The molecule has 1 amide bonds. The molecule has 4 aromatic rings.